The fourth-order valence-corrected chi connectivity index (χ4v) is 17.0. The highest BCUT2D eigenvalue weighted by atomic mass is 32.2. The molecule has 3 aliphatic heterocycles. The van der Waals surface area contributed by atoms with Crippen molar-refractivity contribution in [2.45, 2.75) is 251 Å². The molecule has 4 aliphatic rings. The SMILES string of the molecule is CC[C@H](C)[C@@H]([C@@H](CC(=O)N1C[C@@H](NC(=O)OCc2ccc(CC(=O)[C@H](CCCCC(N)=O)NC(=O)[C@@H](CC(=O)CCCCCN3C(=O)CC(SCC4(CC(=O)ON5C(=O)CCC5=O)CC4)C3=O)C(C)C)cc2)C[C@H]1[C@H](OC)[C@@H](C)C(=O)NCCc1c(F)cccc1F)OC)N(C)C(=O)[C@@H](CC(=O)[C@H](C(C)C)N(C)C)C(C)C. The number of hydroxylamine groups is 2. The zero-order chi connectivity index (χ0) is 83.0. The van der Waals surface area contributed by atoms with Crippen LogP contribution < -0.4 is 21.7 Å². The van der Waals surface area contributed by atoms with Crippen LogP contribution in [0.5, 0.6) is 0 Å². The lowest BCUT2D eigenvalue weighted by atomic mass is 9.83. The molecule has 6 rings (SSSR count). The zero-order valence-electron chi connectivity index (χ0n) is 67.9. The van der Waals surface area contributed by atoms with Crippen LogP contribution in [0.15, 0.2) is 42.5 Å². The summed E-state index contributed by atoms with van der Waals surface area (Å²) in [6.45, 7) is 16.7. The fourth-order valence-electron chi connectivity index (χ4n) is 15.5. The predicted octanol–water partition coefficient (Wildman–Crippen LogP) is 8.34. The van der Waals surface area contributed by atoms with Gasteiger partial charge in [0.15, 0.2) is 11.6 Å². The molecule has 112 heavy (non-hydrogen) atoms. The Hall–Kier alpha value is -8.09. The largest absolute Gasteiger partial charge is 0.445 e. The molecule has 1 saturated carbocycles. The maximum atomic E-state index is 15.1. The molecule has 27 nitrogen and oxygen atoms in total. The molecule has 5 N–H and O–H groups in total. The van der Waals surface area contributed by atoms with E-state index in [0.29, 0.717) is 73.3 Å². The Labute approximate surface area is 662 Å². The van der Waals surface area contributed by atoms with Gasteiger partial charge in [0.1, 0.15) is 24.0 Å². The molecular weight excluding hydrogens is 1470 g/mol. The lowest BCUT2D eigenvalue weighted by Crippen LogP contribution is -2.54. The minimum atomic E-state index is -0.986. The number of unbranched alkanes of at least 4 members (excludes halogenated alkanes) is 3. The van der Waals surface area contributed by atoms with Crippen molar-refractivity contribution in [1.29, 1.82) is 0 Å². The number of likely N-dealkylation sites (N-methyl/N-ethyl adjacent to an activating group) is 2. The highest BCUT2D eigenvalue weighted by molar-refractivity contribution is 8.00. The Morgan fingerprint density at radius 3 is 1.95 bits per heavy atom. The van der Waals surface area contributed by atoms with Crippen LogP contribution in [0, 0.1) is 58.5 Å². The predicted molar refractivity (Wildman–Crippen MR) is 414 cm³/mol. The number of methoxy groups -OCH3 is 2. The summed E-state index contributed by atoms with van der Waals surface area (Å²) >= 11 is 1.31. The maximum Gasteiger partial charge on any atom is 0.407 e. The van der Waals surface area contributed by atoms with E-state index in [-0.39, 0.29) is 174 Å². The van der Waals surface area contributed by atoms with E-state index >= 15 is 4.79 Å². The number of thioether (sulfide) groups is 1. The first kappa shape index (κ1) is 92.8. The number of ether oxygens (including phenoxy) is 3. The fraction of sp³-hybridized carbons (Fsp3) is 0.683. The molecule has 3 saturated heterocycles. The number of imide groups is 2. The number of halogens is 2. The number of nitrogens with zero attached hydrogens (tertiary/aromatic N) is 5. The summed E-state index contributed by atoms with van der Waals surface area (Å²) in [5, 5.41) is 8.45. The van der Waals surface area contributed by atoms with Crippen molar-refractivity contribution in [3.8, 4) is 0 Å². The van der Waals surface area contributed by atoms with E-state index in [2.05, 4.69) is 16.0 Å². The van der Waals surface area contributed by atoms with Crippen molar-refractivity contribution >= 4 is 94.3 Å². The van der Waals surface area contributed by atoms with Crippen LogP contribution in [-0.2, 0) is 101 Å². The van der Waals surface area contributed by atoms with Gasteiger partial charge in [-0.05, 0) is 118 Å². The third kappa shape index (κ3) is 26.8. The van der Waals surface area contributed by atoms with Crippen LogP contribution in [0.2, 0.25) is 0 Å². The molecular formula is C82H121F2N9O18S. The lowest BCUT2D eigenvalue weighted by Gasteiger charge is -2.41. The number of hydrogen-bond donors (Lipinski definition) is 4. The van der Waals surface area contributed by atoms with Crippen LogP contribution >= 0.6 is 11.8 Å². The van der Waals surface area contributed by atoms with Gasteiger partial charge in [0.05, 0.1) is 66.4 Å². The smallest absolute Gasteiger partial charge is 0.407 e. The van der Waals surface area contributed by atoms with Crippen LogP contribution in [0.25, 0.3) is 0 Å². The van der Waals surface area contributed by atoms with Crippen molar-refractivity contribution in [2.24, 2.45) is 52.6 Å². The molecule has 0 aromatic heterocycles. The Balaban J connectivity index is 1.05. The number of primary amides is 1. The van der Waals surface area contributed by atoms with Crippen molar-refractivity contribution < 1.29 is 95.0 Å². The molecule has 30 heteroatoms. The van der Waals surface area contributed by atoms with Crippen molar-refractivity contribution in [1.82, 2.24) is 40.6 Å². The molecule has 10 amide bonds. The highest BCUT2D eigenvalue weighted by Gasteiger charge is 2.50. The van der Waals surface area contributed by atoms with E-state index < -0.39 is 130 Å². The number of rotatable bonds is 49. The number of ketones is 3. The summed E-state index contributed by atoms with van der Waals surface area (Å²) in [7, 11) is 8.21. The maximum absolute atomic E-state index is 15.1. The minimum absolute atomic E-state index is 0.000969. The van der Waals surface area contributed by atoms with Gasteiger partial charge in [0, 0.05) is 115 Å². The van der Waals surface area contributed by atoms with Crippen molar-refractivity contribution in [3.05, 3.63) is 70.8 Å². The number of Topliss-reactive ketones (excluding diaryl/α,β-unsaturated/α-hetero) is 3. The van der Waals surface area contributed by atoms with Crippen LogP contribution in [0.4, 0.5) is 13.6 Å². The molecule has 0 radical (unpaired) electrons. The van der Waals surface area contributed by atoms with Gasteiger partial charge >= 0.3 is 12.1 Å². The lowest BCUT2D eigenvalue weighted by molar-refractivity contribution is -0.198. The second kappa shape index (κ2) is 44.0. The average Bonchev–Trinajstić information content (AvgIpc) is 1.69. The quantitative estimate of drug-likeness (QED) is 0.0357. The molecule has 622 valence electrons. The molecule has 12 atom stereocenters. The van der Waals surface area contributed by atoms with E-state index in [1.54, 1.807) is 43.1 Å². The van der Waals surface area contributed by atoms with Crippen LogP contribution in [0.1, 0.15) is 201 Å². The number of amides is 10. The molecule has 2 aromatic rings. The summed E-state index contributed by atoms with van der Waals surface area (Å²) in [4.78, 5) is 199. The first-order chi connectivity index (χ1) is 52.9. The van der Waals surface area contributed by atoms with E-state index in [0.717, 1.165) is 12.1 Å². The molecule has 3 heterocycles. The third-order valence-corrected chi connectivity index (χ3v) is 24.0. The van der Waals surface area contributed by atoms with Gasteiger partial charge in [-0.15, -0.1) is 16.8 Å². The van der Waals surface area contributed by atoms with Gasteiger partial charge in [-0.1, -0.05) is 112 Å². The Morgan fingerprint density at radius 2 is 1.37 bits per heavy atom. The number of benzene rings is 2. The van der Waals surface area contributed by atoms with Crippen molar-refractivity contribution in [3.63, 3.8) is 0 Å². The average molecular weight is 1590 g/mol. The minimum Gasteiger partial charge on any atom is -0.445 e. The number of nitrogens with two attached hydrogens (primary N) is 1. The Morgan fingerprint density at radius 1 is 0.732 bits per heavy atom. The van der Waals surface area contributed by atoms with E-state index in [1.165, 1.54) is 41.8 Å². The van der Waals surface area contributed by atoms with E-state index in [1.807, 2.05) is 74.4 Å². The summed E-state index contributed by atoms with van der Waals surface area (Å²) < 4.78 is 47.1. The first-order valence-electron chi connectivity index (χ1n) is 39.6. The molecule has 0 spiro atoms. The third-order valence-electron chi connectivity index (χ3n) is 22.5. The van der Waals surface area contributed by atoms with Gasteiger partial charge in [-0.25, -0.2) is 18.4 Å². The molecule has 0 bridgehead atoms. The second-order valence-corrected chi connectivity index (χ2v) is 33.4. The standard InChI is InChI=1S/C82H121F2N9O18S/c1-15-51(8)75(90(12)79(105)59(49(4)5)41-65(96)74(50(6)7)89(10)11)66(108-13)42-71(100)92-45-55(39-63(92)76(109-14)52(9)77(103)86-36-33-57-60(83)23-21-24-61(57)84)87-81(107)110-46-54-29-27-53(28-30-54)38-64(95)62(25-18-19-26-68(85)97)88-78(104)58(48(2)3)40-56(94)22-17-16-20-37-91-72(101)43-67(80(91)106)112-47-82(34-35-82)44-73(102)111-93-69(98)31-32-70(93)99/h21,23-24,27-30,48-52,55,58-59,62-63,66-67,74-76H,15-20,22,25-26,31-47H2,1-14H3,(H2,85,97)(H,86,103)(H,87,107)(H,88,104)/t51-,52+,55-,58-,59-,62-,63-,66+,67?,74-,75-,76+/m0/s1. The van der Waals surface area contributed by atoms with Gasteiger partial charge < -0.3 is 50.5 Å². The van der Waals surface area contributed by atoms with Gasteiger partial charge in [0.2, 0.25) is 41.4 Å². The number of alkyl carbamates (subject to hydrolysis) is 1. The topological polar surface area (TPSA) is 354 Å². The zero-order valence-corrected chi connectivity index (χ0v) is 68.7. The Kier molecular flexibility index (Phi) is 36.4. The summed E-state index contributed by atoms with van der Waals surface area (Å²) in [6, 6.07) is 6.61. The van der Waals surface area contributed by atoms with Crippen LogP contribution in [-0.4, -0.2) is 216 Å². The summed E-state index contributed by atoms with van der Waals surface area (Å²) in [5.74, 6) is -9.41. The van der Waals surface area contributed by atoms with Gasteiger partial charge in [-0.2, -0.15) is 0 Å². The molecule has 1 aliphatic carbocycles. The van der Waals surface area contributed by atoms with E-state index in [9.17, 15) is 71.1 Å². The molecule has 1 unspecified atom stereocenters. The normalized spacial score (nSPS) is 19.3. The van der Waals surface area contributed by atoms with Crippen molar-refractivity contribution in [2.75, 3.05) is 60.7 Å². The first-order valence-corrected chi connectivity index (χ1v) is 40.7. The number of likely N-dealkylation sites (tertiary alicyclic amines) is 2. The molecule has 2 aromatic carbocycles. The summed E-state index contributed by atoms with van der Waals surface area (Å²) in [5.41, 5.74) is 5.91. The second-order valence-electron chi connectivity index (χ2n) is 32.2. The van der Waals surface area contributed by atoms with Gasteiger partial charge in [0.25, 0.3) is 11.8 Å². The Bertz CT molecular complexity index is 3590. The number of hydrogen-bond acceptors (Lipinski definition) is 20. The summed E-state index contributed by atoms with van der Waals surface area (Å²) in [6.07, 6.45) is 1.34. The molecule has 4 fully saturated rings. The number of nitrogens with one attached hydrogen (secondary N) is 3. The van der Waals surface area contributed by atoms with E-state index in [4.69, 9.17) is 24.8 Å². The number of carbonyl (C=O) groups excluding carboxylic acids is 14. The number of carbonyl (C=O) groups is 14. The van der Waals surface area contributed by atoms with Crippen LogP contribution in [0.3, 0.4) is 0 Å². The van der Waals surface area contributed by atoms with Gasteiger partial charge in [-0.3, -0.25) is 67.3 Å². The highest BCUT2D eigenvalue weighted by Crippen LogP contribution is 2.52. The monoisotopic (exact) mass is 1590 g/mol.